The van der Waals surface area contributed by atoms with Gasteiger partial charge in [0.05, 0.1) is 0 Å². The summed E-state index contributed by atoms with van der Waals surface area (Å²) < 4.78 is 11.1. The third-order valence-corrected chi connectivity index (χ3v) is 3.25. The molecule has 0 unspecified atom stereocenters. The molecule has 110 valence electrons. The van der Waals surface area contributed by atoms with Crippen LogP contribution in [0.5, 0.6) is 11.5 Å². The summed E-state index contributed by atoms with van der Waals surface area (Å²) in [6.07, 6.45) is 2.42. The van der Waals surface area contributed by atoms with Gasteiger partial charge in [0.2, 0.25) is 0 Å². The second-order valence-electron chi connectivity index (χ2n) is 4.69. The molecule has 0 saturated heterocycles. The molecule has 1 aromatic heterocycles. The van der Waals surface area contributed by atoms with Gasteiger partial charge in [-0.2, -0.15) is 0 Å². The van der Waals surface area contributed by atoms with Gasteiger partial charge < -0.3 is 20.1 Å². The van der Waals surface area contributed by atoms with E-state index in [1.807, 2.05) is 25.2 Å². The van der Waals surface area contributed by atoms with Gasteiger partial charge in [-0.25, -0.2) is 9.97 Å². The van der Waals surface area contributed by atoms with E-state index in [9.17, 15) is 0 Å². The molecule has 2 aromatic rings. The zero-order valence-corrected chi connectivity index (χ0v) is 11.9. The molecule has 2 heterocycles. The summed E-state index contributed by atoms with van der Waals surface area (Å²) in [6, 6.07) is 7.95. The molecule has 0 amide bonds. The number of ether oxygens (including phenoxy) is 2. The van der Waals surface area contributed by atoms with Crippen molar-refractivity contribution in [1.29, 1.82) is 0 Å². The van der Waals surface area contributed by atoms with Crippen LogP contribution in [0.25, 0.3) is 0 Å². The number of hydrogen-bond acceptors (Lipinski definition) is 6. The molecule has 3 rings (SSSR count). The molecular weight excluding hydrogens is 268 g/mol. The van der Waals surface area contributed by atoms with Crippen LogP contribution in [-0.4, -0.2) is 36.8 Å². The number of hydrogen-bond donors (Lipinski definition) is 2. The molecule has 21 heavy (non-hydrogen) atoms. The van der Waals surface area contributed by atoms with E-state index < -0.39 is 0 Å². The van der Waals surface area contributed by atoms with Crippen LogP contribution >= 0.6 is 0 Å². The topological polar surface area (TPSA) is 68.3 Å². The van der Waals surface area contributed by atoms with E-state index in [4.69, 9.17) is 9.47 Å². The molecule has 0 fully saturated rings. The minimum atomic E-state index is 0.614. The van der Waals surface area contributed by atoms with Gasteiger partial charge in [0.25, 0.3) is 0 Å². The van der Waals surface area contributed by atoms with Crippen LogP contribution in [0, 0.1) is 0 Å². The number of rotatable bonds is 5. The Kier molecular flexibility index (Phi) is 4.04. The highest BCUT2D eigenvalue weighted by molar-refractivity contribution is 5.46. The standard InChI is InChI=1S/C15H18N4O2/c1-16-14-9-15(19-10-18-14)17-5-4-11-2-3-12-13(8-11)21-7-6-20-12/h2-3,8-10H,4-7H2,1H3,(H2,16,17,18,19). The highest BCUT2D eigenvalue weighted by Gasteiger charge is 2.11. The average Bonchev–Trinajstić information content (AvgIpc) is 2.55. The molecule has 0 bridgehead atoms. The second kappa shape index (κ2) is 6.30. The lowest BCUT2D eigenvalue weighted by molar-refractivity contribution is 0.171. The number of aromatic nitrogens is 2. The van der Waals surface area contributed by atoms with E-state index in [2.05, 4.69) is 26.7 Å². The third kappa shape index (κ3) is 3.34. The highest BCUT2D eigenvalue weighted by atomic mass is 16.6. The Hall–Kier alpha value is -2.50. The minimum absolute atomic E-state index is 0.614. The van der Waals surface area contributed by atoms with Crippen molar-refractivity contribution < 1.29 is 9.47 Å². The lowest BCUT2D eigenvalue weighted by Gasteiger charge is -2.18. The van der Waals surface area contributed by atoms with Crippen LogP contribution in [0.1, 0.15) is 5.56 Å². The van der Waals surface area contributed by atoms with E-state index in [0.29, 0.717) is 13.2 Å². The number of nitrogens with zero attached hydrogens (tertiary/aromatic N) is 2. The lowest BCUT2D eigenvalue weighted by atomic mass is 10.1. The first-order valence-corrected chi connectivity index (χ1v) is 6.97. The number of nitrogens with one attached hydrogen (secondary N) is 2. The van der Waals surface area contributed by atoms with Crippen LogP contribution in [-0.2, 0) is 6.42 Å². The fourth-order valence-electron chi connectivity index (χ4n) is 2.17. The van der Waals surface area contributed by atoms with Crippen molar-refractivity contribution in [2.45, 2.75) is 6.42 Å². The van der Waals surface area contributed by atoms with Gasteiger partial charge in [-0.1, -0.05) is 6.07 Å². The smallest absolute Gasteiger partial charge is 0.161 e. The summed E-state index contributed by atoms with van der Waals surface area (Å²) in [5, 5.41) is 6.27. The lowest BCUT2D eigenvalue weighted by Crippen LogP contribution is -2.15. The zero-order valence-electron chi connectivity index (χ0n) is 11.9. The first kappa shape index (κ1) is 13.5. The van der Waals surface area contributed by atoms with Crippen molar-refractivity contribution in [3.63, 3.8) is 0 Å². The second-order valence-corrected chi connectivity index (χ2v) is 4.69. The maximum atomic E-state index is 5.58. The Morgan fingerprint density at radius 1 is 1.05 bits per heavy atom. The fraction of sp³-hybridized carbons (Fsp3) is 0.333. The third-order valence-electron chi connectivity index (χ3n) is 3.25. The molecule has 6 heteroatoms. The average molecular weight is 286 g/mol. The van der Waals surface area contributed by atoms with Crippen molar-refractivity contribution in [2.24, 2.45) is 0 Å². The predicted octanol–water partition coefficient (Wildman–Crippen LogP) is 1.94. The molecule has 6 nitrogen and oxygen atoms in total. The monoisotopic (exact) mass is 286 g/mol. The largest absolute Gasteiger partial charge is 0.486 e. The van der Waals surface area contributed by atoms with Crippen LogP contribution in [0.3, 0.4) is 0 Å². The van der Waals surface area contributed by atoms with Gasteiger partial charge >= 0.3 is 0 Å². The van der Waals surface area contributed by atoms with Gasteiger partial charge in [-0.3, -0.25) is 0 Å². The highest BCUT2D eigenvalue weighted by Crippen LogP contribution is 2.30. The van der Waals surface area contributed by atoms with Gasteiger partial charge in [0, 0.05) is 19.7 Å². The Morgan fingerprint density at radius 3 is 2.71 bits per heavy atom. The van der Waals surface area contributed by atoms with Crippen LogP contribution in [0.15, 0.2) is 30.6 Å². The molecular formula is C15H18N4O2. The van der Waals surface area contributed by atoms with Crippen molar-refractivity contribution >= 4 is 11.6 Å². The first-order chi connectivity index (χ1) is 10.3. The molecule has 0 spiro atoms. The van der Waals surface area contributed by atoms with E-state index in [1.165, 1.54) is 11.9 Å². The normalized spacial score (nSPS) is 12.8. The Morgan fingerprint density at radius 2 is 1.86 bits per heavy atom. The number of anilines is 2. The molecule has 0 saturated carbocycles. The zero-order chi connectivity index (χ0) is 14.5. The van der Waals surface area contributed by atoms with Crippen LogP contribution < -0.4 is 20.1 Å². The summed E-state index contributed by atoms with van der Waals surface area (Å²) in [4.78, 5) is 8.26. The summed E-state index contributed by atoms with van der Waals surface area (Å²) in [6.45, 7) is 2.03. The maximum absolute atomic E-state index is 5.58. The SMILES string of the molecule is CNc1cc(NCCc2ccc3c(c2)OCCO3)ncn1. The van der Waals surface area contributed by atoms with Gasteiger partial charge in [-0.15, -0.1) is 0 Å². The molecule has 0 aliphatic carbocycles. The Bertz CT molecular complexity index is 618. The molecule has 1 aromatic carbocycles. The van der Waals surface area contributed by atoms with Gasteiger partial charge in [0.1, 0.15) is 31.2 Å². The van der Waals surface area contributed by atoms with E-state index >= 15 is 0 Å². The Balaban J connectivity index is 1.57. The summed E-state index contributed by atoms with van der Waals surface area (Å²) in [5.74, 6) is 3.27. The predicted molar refractivity (Wildman–Crippen MR) is 81.2 cm³/mol. The maximum Gasteiger partial charge on any atom is 0.161 e. The fourth-order valence-corrected chi connectivity index (χ4v) is 2.17. The van der Waals surface area contributed by atoms with E-state index in [-0.39, 0.29) is 0 Å². The number of fused-ring (bicyclic) bond motifs is 1. The summed E-state index contributed by atoms with van der Waals surface area (Å²) >= 11 is 0. The van der Waals surface area contributed by atoms with Crippen LogP contribution in [0.4, 0.5) is 11.6 Å². The van der Waals surface area contributed by atoms with E-state index in [1.54, 1.807) is 0 Å². The minimum Gasteiger partial charge on any atom is -0.486 e. The molecule has 0 atom stereocenters. The molecule has 0 radical (unpaired) electrons. The van der Waals surface area contributed by atoms with Crippen molar-refractivity contribution in [3.8, 4) is 11.5 Å². The molecule has 2 N–H and O–H groups in total. The first-order valence-electron chi connectivity index (χ1n) is 6.97. The summed E-state index contributed by atoms with van der Waals surface area (Å²) in [7, 11) is 1.83. The van der Waals surface area contributed by atoms with Gasteiger partial charge in [0.15, 0.2) is 11.5 Å². The molecule has 1 aliphatic heterocycles. The van der Waals surface area contributed by atoms with Crippen molar-refractivity contribution in [1.82, 2.24) is 9.97 Å². The molecule has 1 aliphatic rings. The van der Waals surface area contributed by atoms with Crippen LogP contribution in [0.2, 0.25) is 0 Å². The number of benzene rings is 1. The van der Waals surface area contributed by atoms with Gasteiger partial charge in [-0.05, 0) is 24.1 Å². The van der Waals surface area contributed by atoms with Crippen molar-refractivity contribution in [2.75, 3.05) is 37.4 Å². The van der Waals surface area contributed by atoms with E-state index in [0.717, 1.165) is 36.1 Å². The Labute approximate surface area is 123 Å². The van der Waals surface area contributed by atoms with Crippen molar-refractivity contribution in [3.05, 3.63) is 36.2 Å². The summed E-state index contributed by atoms with van der Waals surface area (Å²) in [5.41, 5.74) is 1.20. The quantitative estimate of drug-likeness (QED) is 0.875.